The third-order valence-electron chi connectivity index (χ3n) is 6.42. The van der Waals surface area contributed by atoms with Crippen molar-refractivity contribution >= 4 is 43.5 Å². The number of anilines is 1. The van der Waals surface area contributed by atoms with Crippen molar-refractivity contribution in [3.63, 3.8) is 0 Å². The summed E-state index contributed by atoms with van der Waals surface area (Å²) in [6.07, 6.45) is 0.690. The highest BCUT2D eigenvalue weighted by atomic mass is 32.2. The second kappa shape index (κ2) is 10.1. The van der Waals surface area contributed by atoms with E-state index in [4.69, 9.17) is 14.8 Å². The Bertz CT molecular complexity index is 1510. The van der Waals surface area contributed by atoms with Crippen LogP contribution in [0.25, 0.3) is 11.3 Å². The van der Waals surface area contributed by atoms with Crippen LogP contribution in [-0.4, -0.2) is 49.7 Å². The Morgan fingerprint density at radius 1 is 0.973 bits per heavy atom. The molecule has 4 aromatic rings. The zero-order valence-electron chi connectivity index (χ0n) is 19.7. The fraction of sp³-hybridized carbons (Fsp3) is 0.231. The molecule has 1 saturated heterocycles. The summed E-state index contributed by atoms with van der Waals surface area (Å²) in [5.41, 5.74) is 3.50. The highest BCUT2D eigenvalue weighted by Gasteiger charge is 2.32. The molecule has 4 heterocycles. The van der Waals surface area contributed by atoms with E-state index in [1.807, 2.05) is 21.8 Å². The maximum absolute atomic E-state index is 13.6. The number of rotatable bonds is 6. The number of hydrogen-bond donors (Lipinski definition) is 0. The quantitative estimate of drug-likeness (QED) is 0.320. The van der Waals surface area contributed by atoms with Gasteiger partial charge in [-0.25, -0.2) is 22.8 Å². The zero-order chi connectivity index (χ0) is 25.4. The Balaban J connectivity index is 1.28. The molecule has 2 aromatic heterocycles. The van der Waals surface area contributed by atoms with Crippen molar-refractivity contribution < 1.29 is 17.5 Å². The van der Waals surface area contributed by atoms with E-state index in [1.54, 1.807) is 47.7 Å². The van der Waals surface area contributed by atoms with Gasteiger partial charge in [0.25, 0.3) is 0 Å². The maximum Gasteiger partial charge on any atom is 0.243 e. The first-order valence-electron chi connectivity index (χ1n) is 11.8. The summed E-state index contributed by atoms with van der Waals surface area (Å²) in [5, 5.41) is 11.5. The molecular formula is C26H23FN4O3S3. The van der Waals surface area contributed by atoms with Gasteiger partial charge in [-0.05, 0) is 41.3 Å². The second-order valence-corrected chi connectivity index (χ2v) is 12.4. The number of aromatic nitrogens is 1. The van der Waals surface area contributed by atoms with Gasteiger partial charge in [0.05, 0.1) is 40.4 Å². The van der Waals surface area contributed by atoms with Crippen LogP contribution in [-0.2, 0) is 14.8 Å². The third kappa shape index (κ3) is 4.85. The van der Waals surface area contributed by atoms with Crippen LogP contribution < -0.4 is 5.01 Å². The predicted molar refractivity (Wildman–Crippen MR) is 144 cm³/mol. The minimum atomic E-state index is -3.55. The van der Waals surface area contributed by atoms with Gasteiger partial charge < -0.3 is 4.74 Å². The lowest BCUT2D eigenvalue weighted by atomic mass is 10.0. The maximum atomic E-state index is 13.6. The summed E-state index contributed by atoms with van der Waals surface area (Å²) in [6, 6.07) is 17.3. The Morgan fingerprint density at radius 3 is 2.43 bits per heavy atom. The van der Waals surface area contributed by atoms with Gasteiger partial charge in [-0.3, -0.25) is 0 Å². The fourth-order valence-corrected chi connectivity index (χ4v) is 7.42. The van der Waals surface area contributed by atoms with E-state index >= 15 is 0 Å². The molecule has 1 fully saturated rings. The number of halogens is 1. The van der Waals surface area contributed by atoms with Crippen LogP contribution in [0.15, 0.2) is 81.4 Å². The van der Waals surface area contributed by atoms with Crippen LogP contribution in [0.3, 0.4) is 0 Å². The fourth-order valence-electron chi connectivity index (χ4n) is 4.46. The van der Waals surface area contributed by atoms with Crippen molar-refractivity contribution in [3.05, 3.63) is 87.7 Å². The summed E-state index contributed by atoms with van der Waals surface area (Å²) in [4.78, 5) is 6.20. The van der Waals surface area contributed by atoms with Gasteiger partial charge in [0.2, 0.25) is 15.2 Å². The lowest BCUT2D eigenvalue weighted by molar-refractivity contribution is 0.0730. The normalized spacial score (nSPS) is 18.8. The first-order valence-corrected chi connectivity index (χ1v) is 15.0. The summed E-state index contributed by atoms with van der Waals surface area (Å²) < 4.78 is 46.2. The van der Waals surface area contributed by atoms with Crippen LogP contribution in [0.5, 0.6) is 0 Å². The van der Waals surface area contributed by atoms with E-state index in [0.717, 1.165) is 32.5 Å². The van der Waals surface area contributed by atoms with E-state index in [1.165, 1.54) is 27.8 Å². The first-order chi connectivity index (χ1) is 18.0. The summed E-state index contributed by atoms with van der Waals surface area (Å²) in [7, 11) is -3.55. The Kier molecular flexibility index (Phi) is 6.63. The molecule has 1 unspecified atom stereocenters. The number of ether oxygens (including phenoxy) is 1. The van der Waals surface area contributed by atoms with Crippen LogP contribution in [0.4, 0.5) is 9.52 Å². The molecule has 0 spiro atoms. The predicted octanol–water partition coefficient (Wildman–Crippen LogP) is 5.39. The van der Waals surface area contributed by atoms with E-state index in [2.05, 4.69) is 6.07 Å². The number of sulfonamides is 1. The number of thiophene rings is 1. The second-order valence-electron chi connectivity index (χ2n) is 8.70. The summed E-state index contributed by atoms with van der Waals surface area (Å²) in [6.45, 7) is 1.53. The number of morpholine rings is 1. The highest BCUT2D eigenvalue weighted by molar-refractivity contribution is 7.89. The van der Waals surface area contributed by atoms with E-state index in [9.17, 15) is 12.8 Å². The largest absolute Gasteiger partial charge is 0.379 e. The molecule has 1 atom stereocenters. The molecule has 0 N–H and O–H groups in total. The molecule has 11 heteroatoms. The van der Waals surface area contributed by atoms with Crippen LogP contribution >= 0.6 is 22.7 Å². The van der Waals surface area contributed by atoms with Gasteiger partial charge >= 0.3 is 0 Å². The van der Waals surface area contributed by atoms with Gasteiger partial charge in [0.1, 0.15) is 5.82 Å². The molecule has 2 aromatic carbocycles. The molecular weight excluding hydrogens is 532 g/mol. The molecule has 0 radical (unpaired) electrons. The number of nitrogens with zero attached hydrogens (tertiary/aromatic N) is 4. The van der Waals surface area contributed by atoms with Crippen molar-refractivity contribution in [2.24, 2.45) is 5.10 Å². The van der Waals surface area contributed by atoms with Crippen molar-refractivity contribution in [1.29, 1.82) is 0 Å². The van der Waals surface area contributed by atoms with Crippen molar-refractivity contribution in [1.82, 2.24) is 9.29 Å². The number of benzene rings is 2. The number of hydrogen-bond acceptors (Lipinski definition) is 8. The minimum absolute atomic E-state index is 0.0993. The smallest absolute Gasteiger partial charge is 0.243 e. The van der Waals surface area contributed by atoms with Gasteiger partial charge in [0.15, 0.2) is 0 Å². The zero-order valence-corrected chi connectivity index (χ0v) is 22.1. The Morgan fingerprint density at radius 2 is 1.73 bits per heavy atom. The molecule has 190 valence electrons. The molecule has 0 amide bonds. The van der Waals surface area contributed by atoms with Crippen molar-refractivity contribution in [2.75, 3.05) is 31.3 Å². The lowest BCUT2D eigenvalue weighted by Gasteiger charge is -2.26. The first kappa shape index (κ1) is 24.4. The standard InChI is InChI=1S/C26H23FN4O3S3/c27-20-7-3-19(4-8-20)24-16-22(25-2-1-15-35-25)29-31(24)26-28-23(17-36-26)18-5-9-21(10-6-18)37(32,33)30-11-13-34-14-12-30/h1-10,15,17,24H,11-14,16H2. The molecule has 0 aliphatic carbocycles. The van der Waals surface area contributed by atoms with E-state index in [0.29, 0.717) is 32.7 Å². The van der Waals surface area contributed by atoms with Gasteiger partial charge in [-0.15, -0.1) is 22.7 Å². The number of thiazole rings is 1. The number of hydrazone groups is 1. The lowest BCUT2D eigenvalue weighted by Crippen LogP contribution is -2.40. The highest BCUT2D eigenvalue weighted by Crippen LogP contribution is 2.40. The van der Waals surface area contributed by atoms with Gasteiger partial charge in [-0.2, -0.15) is 9.41 Å². The average Bonchev–Trinajstić information content (AvgIpc) is 3.70. The van der Waals surface area contributed by atoms with Gasteiger partial charge in [0, 0.05) is 30.5 Å². The molecule has 7 nitrogen and oxygen atoms in total. The Labute approximate surface area is 222 Å². The summed E-state index contributed by atoms with van der Waals surface area (Å²) >= 11 is 3.11. The monoisotopic (exact) mass is 554 g/mol. The topological polar surface area (TPSA) is 75.1 Å². The van der Waals surface area contributed by atoms with Crippen LogP contribution in [0.2, 0.25) is 0 Å². The molecule has 0 bridgehead atoms. The van der Waals surface area contributed by atoms with Crippen molar-refractivity contribution in [2.45, 2.75) is 17.4 Å². The van der Waals surface area contributed by atoms with Crippen LogP contribution in [0, 0.1) is 5.82 Å². The molecule has 6 rings (SSSR count). The SMILES string of the molecule is O=S(=O)(c1ccc(-c2csc(N3N=C(c4cccs4)CC3c3ccc(F)cc3)n2)cc1)N1CCOCC1. The van der Waals surface area contributed by atoms with E-state index < -0.39 is 10.0 Å². The Hall–Kier alpha value is -2.96. The molecule has 0 saturated carbocycles. The average molecular weight is 555 g/mol. The van der Waals surface area contributed by atoms with Crippen LogP contribution in [0.1, 0.15) is 22.9 Å². The molecule has 2 aliphatic heterocycles. The summed E-state index contributed by atoms with van der Waals surface area (Å²) in [5.74, 6) is -0.275. The molecule has 2 aliphatic rings. The minimum Gasteiger partial charge on any atom is -0.379 e. The molecule has 37 heavy (non-hydrogen) atoms. The van der Waals surface area contributed by atoms with E-state index in [-0.39, 0.29) is 16.8 Å². The third-order valence-corrected chi connectivity index (χ3v) is 10.1. The van der Waals surface area contributed by atoms with Gasteiger partial charge in [-0.1, -0.05) is 30.3 Å². The van der Waals surface area contributed by atoms with Crippen molar-refractivity contribution in [3.8, 4) is 11.3 Å².